The number of hydrogen-bond acceptors (Lipinski definition) is 3. The Morgan fingerprint density at radius 1 is 0.625 bits per heavy atom. The van der Waals surface area contributed by atoms with Crippen LogP contribution in [-0.4, -0.2) is 72.8 Å². The molecule has 0 aromatic rings. The molecule has 0 heterocycles. The van der Waals surface area contributed by atoms with E-state index in [1.165, 1.54) is 19.4 Å². The first-order valence-electron chi connectivity index (χ1n) is 6.95. The van der Waals surface area contributed by atoms with E-state index in [1.54, 1.807) is 0 Å². The second-order valence-corrected chi connectivity index (χ2v) is 7.22. The molecule has 0 atom stereocenters. The van der Waals surface area contributed by atoms with Crippen molar-refractivity contribution in [2.75, 3.05) is 63.0 Å². The molecule has 24 heavy (non-hydrogen) atoms. The van der Waals surface area contributed by atoms with Crippen molar-refractivity contribution in [3.05, 3.63) is 0 Å². The molecule has 0 amide bonds. The zero-order valence-electron chi connectivity index (χ0n) is 14.1. The van der Waals surface area contributed by atoms with Crippen molar-refractivity contribution in [1.82, 2.24) is 9.80 Å². The van der Waals surface area contributed by atoms with Crippen LogP contribution in [0.25, 0.3) is 0 Å². The molecule has 0 radical (unpaired) electrons. The molecule has 160 valence electrons. The zero-order chi connectivity index (χ0) is 16.8. The maximum absolute atomic E-state index is 4.02. The Labute approximate surface area is 188 Å². The second-order valence-electron chi connectivity index (χ2n) is 4.40. The molecule has 0 aliphatic rings. The van der Waals surface area contributed by atoms with Crippen LogP contribution >= 0.6 is 60.4 Å². The molecule has 6 heteroatoms. The first kappa shape index (κ1) is 50.1. The van der Waals surface area contributed by atoms with Gasteiger partial charge in [0.25, 0.3) is 0 Å². The molecule has 0 aromatic heterocycles. The molecule has 0 saturated heterocycles. The Morgan fingerprint density at radius 3 is 0.917 bits per heavy atom. The Hall–Kier alpha value is 1.71. The molecule has 2 nitrogen and oxygen atoms in total. The minimum absolute atomic E-state index is 0. The van der Waals surface area contributed by atoms with Crippen molar-refractivity contribution in [2.24, 2.45) is 0 Å². The van der Waals surface area contributed by atoms with E-state index in [9.17, 15) is 0 Å². The molecule has 0 fully saturated rings. The predicted molar refractivity (Wildman–Crippen MR) is 140 cm³/mol. The summed E-state index contributed by atoms with van der Waals surface area (Å²) in [5, 5.41) is 3.23. The largest absolute Gasteiger partial charge is 0.309 e. The number of alkyl halides is 3. The van der Waals surface area contributed by atoms with E-state index in [0.717, 1.165) is 28.3 Å². The van der Waals surface area contributed by atoms with Crippen molar-refractivity contribution in [3.63, 3.8) is 0 Å². The van der Waals surface area contributed by atoms with Gasteiger partial charge in [0, 0.05) is 28.3 Å². The van der Waals surface area contributed by atoms with E-state index in [0.29, 0.717) is 0 Å². The molecular formula is C18H51Br3N2S. The van der Waals surface area contributed by atoms with Gasteiger partial charge in [-0.25, -0.2) is 0 Å². The number of thiol groups is 1. The number of rotatable bonds is 6. The molecule has 0 spiro atoms. The smallest absolute Gasteiger partial charge is 0.0129 e. The fourth-order valence-corrected chi connectivity index (χ4v) is 1.05. The van der Waals surface area contributed by atoms with Gasteiger partial charge in [-0.1, -0.05) is 91.3 Å². The fourth-order valence-electron chi connectivity index (χ4n) is 0.647. The quantitative estimate of drug-likeness (QED) is 0.262. The van der Waals surface area contributed by atoms with Gasteiger partial charge in [0.1, 0.15) is 0 Å². The van der Waals surface area contributed by atoms with Crippen LogP contribution < -0.4 is 0 Å². The van der Waals surface area contributed by atoms with Crippen molar-refractivity contribution in [2.45, 2.75) is 56.4 Å². The van der Waals surface area contributed by atoms with Gasteiger partial charge in [-0.05, 0) is 47.6 Å². The van der Waals surface area contributed by atoms with Gasteiger partial charge in [-0.2, -0.15) is 12.6 Å². The predicted octanol–water partition coefficient (Wildman–Crippen LogP) is 7.55. The number of halogens is 3. The molecule has 0 N–H and O–H groups in total. The maximum atomic E-state index is 4.02. The van der Waals surface area contributed by atoms with Gasteiger partial charge >= 0.3 is 0 Å². The molecule has 0 unspecified atom stereocenters. The Balaban J connectivity index is -0.0000000228. The first-order valence-corrected chi connectivity index (χ1v) is 11.0. The maximum Gasteiger partial charge on any atom is 0.0129 e. The van der Waals surface area contributed by atoms with Gasteiger partial charge in [-0.3, -0.25) is 0 Å². The average molecular weight is 567 g/mol. The third-order valence-electron chi connectivity index (χ3n) is 1.48. The zero-order valence-corrected chi connectivity index (χ0v) is 19.8. The lowest BCUT2D eigenvalue weighted by Crippen LogP contribution is -2.13. The highest BCUT2D eigenvalue weighted by Crippen LogP contribution is 1.82. The van der Waals surface area contributed by atoms with E-state index in [4.69, 9.17) is 0 Å². The minimum atomic E-state index is 0. The summed E-state index contributed by atoms with van der Waals surface area (Å²) in [6.07, 6.45) is 2.49. The second kappa shape index (κ2) is 56.3. The Morgan fingerprint density at radius 2 is 0.917 bits per heavy atom. The third kappa shape index (κ3) is 130. The summed E-state index contributed by atoms with van der Waals surface area (Å²) in [6.45, 7) is 6.60. The number of nitrogens with zero attached hydrogens (tertiary/aromatic N) is 2. The van der Waals surface area contributed by atoms with Crippen molar-refractivity contribution in [1.29, 1.82) is 0 Å². The Kier molecular flexibility index (Phi) is 117. The monoisotopic (exact) mass is 564 g/mol. The lowest BCUT2D eigenvalue weighted by atomic mass is 10.5. The summed E-state index contributed by atoms with van der Waals surface area (Å²) in [6, 6.07) is 0. The molecule has 0 aromatic carbocycles. The highest BCUT2D eigenvalue weighted by molar-refractivity contribution is 9.12. The molecule has 0 rings (SSSR count). The normalized spacial score (nSPS) is 7.50. The van der Waals surface area contributed by atoms with Crippen LogP contribution in [-0.2, 0) is 0 Å². The van der Waals surface area contributed by atoms with Gasteiger partial charge in [0.15, 0.2) is 0 Å². The summed E-state index contributed by atoms with van der Waals surface area (Å²) < 4.78 is 0. The van der Waals surface area contributed by atoms with Crippen LogP contribution in [0.3, 0.4) is 0 Å². The molecule has 0 aliphatic heterocycles. The number of hydrogen-bond donors (Lipinski definition) is 1. The lowest BCUT2D eigenvalue weighted by molar-refractivity contribution is 0.408. The molecule has 0 bridgehead atoms. The van der Waals surface area contributed by atoms with E-state index >= 15 is 0 Å². The minimum Gasteiger partial charge on any atom is -0.309 e. The van der Waals surface area contributed by atoms with E-state index in [2.05, 4.69) is 98.2 Å². The Bertz CT molecular complexity index is 113. The van der Waals surface area contributed by atoms with E-state index < -0.39 is 0 Å². The highest BCUT2D eigenvalue weighted by Gasteiger charge is 1.80. The summed E-state index contributed by atoms with van der Waals surface area (Å²) in [7, 11) is 8.25. The topological polar surface area (TPSA) is 6.48 Å². The van der Waals surface area contributed by atoms with Gasteiger partial charge < -0.3 is 9.80 Å². The first-order chi connectivity index (χ1) is 9.37. The van der Waals surface area contributed by atoms with Gasteiger partial charge in [-0.15, -0.1) is 0 Å². The van der Waals surface area contributed by atoms with Crippen LogP contribution in [0.5, 0.6) is 0 Å². The van der Waals surface area contributed by atoms with Crippen molar-refractivity contribution < 1.29 is 0 Å². The van der Waals surface area contributed by atoms with Crippen molar-refractivity contribution in [3.8, 4) is 0 Å². The van der Waals surface area contributed by atoms with Crippen LogP contribution in [0, 0.1) is 0 Å². The molecule has 0 aliphatic carbocycles. The SMILES string of the molecule is BrCCBr.C.C.C.C.CCCBr.CCCN(C)C.CN(C)CCS. The van der Waals surface area contributed by atoms with Crippen molar-refractivity contribution >= 4 is 60.4 Å². The average Bonchev–Trinajstić information content (AvgIpc) is 2.39. The van der Waals surface area contributed by atoms with E-state index in [1.807, 2.05) is 14.1 Å². The van der Waals surface area contributed by atoms with Crippen LogP contribution in [0.4, 0.5) is 0 Å². The highest BCUT2D eigenvalue weighted by atomic mass is 79.9. The van der Waals surface area contributed by atoms with Gasteiger partial charge in [0.05, 0.1) is 0 Å². The summed E-state index contributed by atoms with van der Waals surface area (Å²) in [5.74, 6) is 0.951. The van der Waals surface area contributed by atoms with E-state index in [-0.39, 0.29) is 29.7 Å². The molecule has 0 saturated carbocycles. The van der Waals surface area contributed by atoms with Gasteiger partial charge in [0.2, 0.25) is 0 Å². The summed E-state index contributed by atoms with van der Waals surface area (Å²) >= 11 is 13.7. The van der Waals surface area contributed by atoms with Crippen LogP contribution in [0.1, 0.15) is 56.4 Å². The lowest BCUT2D eigenvalue weighted by Gasteiger charge is -2.03. The summed E-state index contributed by atoms with van der Waals surface area (Å²) in [4.78, 5) is 4.28. The summed E-state index contributed by atoms with van der Waals surface area (Å²) in [5.41, 5.74) is 0. The standard InChI is InChI=1S/C5H13N.C4H11NS.C3H7Br.C2H4Br2.4CH4/c1-4-5-6(2)3;1-5(2)3-4-6;1-2-3-4;3-1-2-4;;;;/h4-5H2,1-3H3;6H,3-4H2,1-2H3;2-3H2,1H3;1-2H2;4*1H4. The molecular weight excluding hydrogens is 516 g/mol. The van der Waals surface area contributed by atoms with Crippen LogP contribution in [0.15, 0.2) is 0 Å². The fraction of sp³-hybridized carbons (Fsp3) is 1.00. The van der Waals surface area contributed by atoms with Crippen LogP contribution in [0.2, 0.25) is 0 Å². The third-order valence-corrected chi connectivity index (χ3v) is 4.33.